The number of nitrogens with one attached hydrogen (secondary N) is 1. The molecule has 0 aliphatic carbocycles. The maximum atomic E-state index is 3.70. The van der Waals surface area contributed by atoms with Crippen molar-refractivity contribution in [3.63, 3.8) is 0 Å². The van der Waals surface area contributed by atoms with Gasteiger partial charge in [-0.3, -0.25) is 0 Å². The molecule has 1 heterocycles. The van der Waals surface area contributed by atoms with Crippen molar-refractivity contribution < 1.29 is 0 Å². The van der Waals surface area contributed by atoms with Gasteiger partial charge in [0, 0.05) is 23.2 Å². The van der Waals surface area contributed by atoms with Gasteiger partial charge in [-0.05, 0) is 69.3 Å². The molecule has 1 unspecified atom stereocenters. The number of hydrogen-bond donors (Lipinski definition) is 1. The number of anilines is 1. The normalized spacial score (nSPS) is 21.1. The average Bonchev–Trinajstić information content (AvgIpc) is 2.66. The van der Waals surface area contributed by atoms with Gasteiger partial charge in [0.25, 0.3) is 0 Å². The first-order chi connectivity index (χ1) is 9.31. The smallest absolute Gasteiger partial charge is 0.0343 e. The van der Waals surface area contributed by atoms with Crippen molar-refractivity contribution in [1.29, 1.82) is 0 Å². The van der Waals surface area contributed by atoms with Crippen LogP contribution in [0.2, 0.25) is 0 Å². The molecule has 0 spiro atoms. The highest BCUT2D eigenvalue weighted by molar-refractivity contribution is 7.98. The molecule has 1 atom stereocenters. The molecule has 2 rings (SSSR count). The van der Waals surface area contributed by atoms with E-state index >= 15 is 0 Å². The van der Waals surface area contributed by atoms with Gasteiger partial charge in [0.2, 0.25) is 0 Å². The highest BCUT2D eigenvalue weighted by Crippen LogP contribution is 2.20. The standard InChI is InChI=1S/C16H26N2S/c1-3-11-18-12-4-5-14(10-13-18)17-15-6-8-16(19-2)9-7-15/h6-9,14,17H,3-5,10-13H2,1-2H3. The van der Waals surface area contributed by atoms with Crippen LogP contribution in [0.25, 0.3) is 0 Å². The minimum absolute atomic E-state index is 0.641. The Kier molecular flexibility index (Phi) is 6.05. The molecule has 2 nitrogen and oxygen atoms in total. The van der Waals surface area contributed by atoms with Crippen LogP contribution in [0.3, 0.4) is 0 Å². The molecule has 106 valence electrons. The monoisotopic (exact) mass is 278 g/mol. The molecule has 1 fully saturated rings. The number of likely N-dealkylation sites (tertiary alicyclic amines) is 1. The van der Waals surface area contributed by atoms with Crippen LogP contribution in [0.1, 0.15) is 32.6 Å². The van der Waals surface area contributed by atoms with Crippen LogP contribution >= 0.6 is 11.8 Å². The molecule has 0 saturated carbocycles. The first-order valence-electron chi connectivity index (χ1n) is 7.44. The summed E-state index contributed by atoms with van der Waals surface area (Å²) in [6.45, 7) is 6.05. The lowest BCUT2D eigenvalue weighted by atomic mass is 10.1. The lowest BCUT2D eigenvalue weighted by Crippen LogP contribution is -2.27. The lowest BCUT2D eigenvalue weighted by Gasteiger charge is -2.20. The van der Waals surface area contributed by atoms with Crippen LogP contribution in [0.5, 0.6) is 0 Å². The van der Waals surface area contributed by atoms with E-state index < -0.39 is 0 Å². The van der Waals surface area contributed by atoms with Crippen molar-refractivity contribution in [3.05, 3.63) is 24.3 Å². The molecule has 3 heteroatoms. The number of thioether (sulfide) groups is 1. The summed E-state index contributed by atoms with van der Waals surface area (Å²) in [6.07, 6.45) is 7.28. The summed E-state index contributed by atoms with van der Waals surface area (Å²) in [5, 5.41) is 3.70. The predicted molar refractivity (Wildman–Crippen MR) is 86.2 cm³/mol. The minimum atomic E-state index is 0.641. The topological polar surface area (TPSA) is 15.3 Å². The number of hydrogen-bond acceptors (Lipinski definition) is 3. The second-order valence-corrected chi connectivity index (χ2v) is 6.22. The third-order valence-corrected chi connectivity index (χ3v) is 4.56. The van der Waals surface area contributed by atoms with E-state index in [4.69, 9.17) is 0 Å². The zero-order chi connectivity index (χ0) is 13.5. The summed E-state index contributed by atoms with van der Waals surface area (Å²) in [5.74, 6) is 0. The van der Waals surface area contributed by atoms with Crippen molar-refractivity contribution in [1.82, 2.24) is 4.90 Å². The van der Waals surface area contributed by atoms with Crippen molar-refractivity contribution >= 4 is 17.4 Å². The minimum Gasteiger partial charge on any atom is -0.382 e. The molecule has 1 N–H and O–H groups in total. The highest BCUT2D eigenvalue weighted by atomic mass is 32.2. The second-order valence-electron chi connectivity index (χ2n) is 5.34. The van der Waals surface area contributed by atoms with E-state index in [0.717, 1.165) is 0 Å². The Balaban J connectivity index is 1.84. The molecule has 0 bridgehead atoms. The summed E-state index contributed by atoms with van der Waals surface area (Å²) < 4.78 is 0. The van der Waals surface area contributed by atoms with Gasteiger partial charge in [-0.2, -0.15) is 0 Å². The Morgan fingerprint density at radius 3 is 2.68 bits per heavy atom. The van der Waals surface area contributed by atoms with Gasteiger partial charge in [0.15, 0.2) is 0 Å². The Morgan fingerprint density at radius 1 is 1.21 bits per heavy atom. The molecule has 19 heavy (non-hydrogen) atoms. The first-order valence-corrected chi connectivity index (χ1v) is 8.67. The van der Waals surface area contributed by atoms with Crippen molar-refractivity contribution in [2.75, 3.05) is 31.2 Å². The van der Waals surface area contributed by atoms with Gasteiger partial charge >= 0.3 is 0 Å². The Morgan fingerprint density at radius 2 is 2.00 bits per heavy atom. The Hall–Kier alpha value is -0.670. The predicted octanol–water partition coefficient (Wildman–Crippen LogP) is 4.08. The van der Waals surface area contributed by atoms with Crippen LogP contribution in [0.15, 0.2) is 29.2 Å². The summed E-state index contributed by atoms with van der Waals surface area (Å²) in [7, 11) is 0. The van der Waals surface area contributed by atoms with Gasteiger partial charge in [0.05, 0.1) is 0 Å². The molecule has 1 aliphatic heterocycles. The number of nitrogens with zero attached hydrogens (tertiary/aromatic N) is 1. The molecule has 1 aliphatic rings. The Labute approximate surface area is 122 Å². The van der Waals surface area contributed by atoms with E-state index in [1.165, 1.54) is 55.9 Å². The SMILES string of the molecule is CCCN1CCCC(Nc2ccc(SC)cc2)CC1. The van der Waals surface area contributed by atoms with Crippen molar-refractivity contribution in [2.45, 2.75) is 43.5 Å². The molecule has 1 aromatic rings. The molecule has 0 amide bonds. The van der Waals surface area contributed by atoms with Crippen LogP contribution in [-0.2, 0) is 0 Å². The fraction of sp³-hybridized carbons (Fsp3) is 0.625. The van der Waals surface area contributed by atoms with Gasteiger partial charge < -0.3 is 10.2 Å². The molecule has 1 saturated heterocycles. The maximum absolute atomic E-state index is 3.70. The van der Waals surface area contributed by atoms with Crippen LogP contribution in [-0.4, -0.2) is 36.8 Å². The van der Waals surface area contributed by atoms with Crippen LogP contribution in [0, 0.1) is 0 Å². The quantitative estimate of drug-likeness (QED) is 0.817. The van der Waals surface area contributed by atoms with E-state index in [9.17, 15) is 0 Å². The highest BCUT2D eigenvalue weighted by Gasteiger charge is 2.16. The van der Waals surface area contributed by atoms with Gasteiger partial charge in [0.1, 0.15) is 0 Å². The maximum Gasteiger partial charge on any atom is 0.0343 e. The molecule has 0 radical (unpaired) electrons. The molecular weight excluding hydrogens is 252 g/mol. The first kappa shape index (κ1) is 14.7. The molecular formula is C16H26N2S. The average molecular weight is 278 g/mol. The number of rotatable bonds is 5. The summed E-state index contributed by atoms with van der Waals surface area (Å²) in [5.41, 5.74) is 1.27. The fourth-order valence-electron chi connectivity index (χ4n) is 2.76. The summed E-state index contributed by atoms with van der Waals surface area (Å²) in [6, 6.07) is 9.46. The van der Waals surface area contributed by atoms with E-state index in [0.29, 0.717) is 6.04 Å². The lowest BCUT2D eigenvalue weighted by molar-refractivity contribution is 0.285. The van der Waals surface area contributed by atoms with E-state index in [1.807, 2.05) is 0 Å². The van der Waals surface area contributed by atoms with Crippen LogP contribution < -0.4 is 5.32 Å². The van der Waals surface area contributed by atoms with Crippen molar-refractivity contribution in [3.8, 4) is 0 Å². The van der Waals surface area contributed by atoms with E-state index in [-0.39, 0.29) is 0 Å². The van der Waals surface area contributed by atoms with E-state index in [1.54, 1.807) is 11.8 Å². The van der Waals surface area contributed by atoms with E-state index in [2.05, 4.69) is 47.7 Å². The van der Waals surface area contributed by atoms with Crippen LogP contribution in [0.4, 0.5) is 5.69 Å². The van der Waals surface area contributed by atoms with Crippen molar-refractivity contribution in [2.24, 2.45) is 0 Å². The van der Waals surface area contributed by atoms with Gasteiger partial charge in [-0.15, -0.1) is 11.8 Å². The second kappa shape index (κ2) is 7.81. The van der Waals surface area contributed by atoms with Gasteiger partial charge in [-0.25, -0.2) is 0 Å². The zero-order valence-electron chi connectivity index (χ0n) is 12.2. The third kappa shape index (κ3) is 4.73. The third-order valence-electron chi connectivity index (χ3n) is 3.82. The number of benzene rings is 1. The fourth-order valence-corrected chi connectivity index (χ4v) is 3.17. The van der Waals surface area contributed by atoms with Gasteiger partial charge in [-0.1, -0.05) is 6.92 Å². The molecule has 1 aromatic carbocycles. The summed E-state index contributed by atoms with van der Waals surface area (Å²) in [4.78, 5) is 3.94. The molecule has 0 aromatic heterocycles. The largest absolute Gasteiger partial charge is 0.382 e. The summed E-state index contributed by atoms with van der Waals surface area (Å²) >= 11 is 1.80. The Bertz CT molecular complexity index is 364. The zero-order valence-corrected chi connectivity index (χ0v) is 13.0.